The molecule has 0 aliphatic rings. The minimum absolute atomic E-state index is 0.0559. The highest BCUT2D eigenvalue weighted by Crippen LogP contribution is 2.11. The minimum atomic E-state index is -1.06. The van der Waals surface area contributed by atoms with Gasteiger partial charge in [-0.25, -0.2) is 18.7 Å². The maximum Gasteiger partial charge on any atom is 0.354 e. The Bertz CT molecular complexity index is 781. The first-order valence-electron chi connectivity index (χ1n) is 5.96. The highest BCUT2D eigenvalue weighted by atomic mass is 19.1. The van der Waals surface area contributed by atoms with Crippen molar-refractivity contribution in [3.63, 3.8) is 0 Å². The molecule has 0 atom stereocenters. The van der Waals surface area contributed by atoms with Crippen molar-refractivity contribution in [3.05, 3.63) is 65.4 Å². The van der Waals surface area contributed by atoms with E-state index in [0.29, 0.717) is 17.9 Å². The maximum absolute atomic E-state index is 12.8. The largest absolute Gasteiger partial charge is 0.477 e. The number of hydrogen-bond acceptors (Lipinski definition) is 3. The van der Waals surface area contributed by atoms with E-state index < -0.39 is 5.97 Å². The topological polar surface area (TPSA) is 67.5 Å². The molecule has 20 heavy (non-hydrogen) atoms. The number of halogens is 1. The Balaban J connectivity index is 1.99. The van der Waals surface area contributed by atoms with E-state index in [1.165, 1.54) is 22.7 Å². The molecule has 0 saturated carbocycles. The summed E-state index contributed by atoms with van der Waals surface area (Å²) in [6.45, 7) is 0. The molecule has 0 fully saturated rings. The molecule has 6 heteroatoms. The second-order valence-corrected chi connectivity index (χ2v) is 4.32. The Labute approximate surface area is 113 Å². The third kappa shape index (κ3) is 2.23. The molecule has 0 saturated heterocycles. The van der Waals surface area contributed by atoms with Crippen LogP contribution in [-0.2, 0) is 6.42 Å². The van der Waals surface area contributed by atoms with Crippen LogP contribution in [0.4, 0.5) is 4.39 Å². The lowest BCUT2D eigenvalue weighted by atomic mass is 10.1. The number of carboxylic acid groups (broad SMARTS) is 1. The molecule has 3 aromatic rings. The van der Waals surface area contributed by atoms with Gasteiger partial charge in [-0.2, -0.15) is 5.10 Å². The van der Waals surface area contributed by atoms with Gasteiger partial charge in [0.15, 0.2) is 17.2 Å². The van der Waals surface area contributed by atoms with Gasteiger partial charge in [0.2, 0.25) is 0 Å². The van der Waals surface area contributed by atoms with E-state index in [-0.39, 0.29) is 11.5 Å². The normalized spacial score (nSPS) is 10.8. The molecule has 2 heterocycles. The van der Waals surface area contributed by atoms with Crippen molar-refractivity contribution in [1.29, 1.82) is 0 Å². The number of rotatable bonds is 3. The molecule has 0 unspecified atom stereocenters. The number of pyridine rings is 1. The van der Waals surface area contributed by atoms with Crippen LogP contribution >= 0.6 is 0 Å². The fraction of sp³-hybridized carbons (Fsp3) is 0.0714. The number of hydrogen-bond donors (Lipinski definition) is 1. The zero-order valence-corrected chi connectivity index (χ0v) is 10.3. The number of aromatic carboxylic acids is 1. The number of aromatic nitrogens is 3. The standard InChI is InChI=1S/C14H10FN3O2/c15-10-6-4-9(5-7-10)8-12-16-13-3-1-2-11(14(19)20)18(13)17-12/h1-7H,8H2,(H,19,20). The molecule has 0 bridgehead atoms. The number of fused-ring (bicyclic) bond motifs is 1. The van der Waals surface area contributed by atoms with E-state index in [4.69, 9.17) is 5.11 Å². The van der Waals surface area contributed by atoms with E-state index >= 15 is 0 Å². The summed E-state index contributed by atoms with van der Waals surface area (Å²) >= 11 is 0. The van der Waals surface area contributed by atoms with E-state index in [9.17, 15) is 9.18 Å². The number of nitrogens with zero attached hydrogens (tertiary/aromatic N) is 3. The molecule has 2 aromatic heterocycles. The molecule has 0 aliphatic heterocycles. The summed E-state index contributed by atoms with van der Waals surface area (Å²) in [5, 5.41) is 13.3. The third-order valence-electron chi connectivity index (χ3n) is 2.90. The van der Waals surface area contributed by atoms with Gasteiger partial charge in [0, 0.05) is 6.42 Å². The Kier molecular flexibility index (Phi) is 2.90. The SMILES string of the molecule is O=C(O)c1cccc2nc(Cc3ccc(F)cc3)nn12. The fourth-order valence-corrected chi connectivity index (χ4v) is 1.97. The first kappa shape index (κ1) is 12.3. The number of benzene rings is 1. The van der Waals surface area contributed by atoms with E-state index in [2.05, 4.69) is 10.1 Å². The Morgan fingerprint density at radius 2 is 1.95 bits per heavy atom. The van der Waals surface area contributed by atoms with Gasteiger partial charge >= 0.3 is 5.97 Å². The van der Waals surface area contributed by atoms with Crippen LogP contribution in [0.3, 0.4) is 0 Å². The smallest absolute Gasteiger partial charge is 0.354 e. The van der Waals surface area contributed by atoms with E-state index in [1.54, 1.807) is 24.3 Å². The van der Waals surface area contributed by atoms with Crippen molar-refractivity contribution in [2.45, 2.75) is 6.42 Å². The molecular formula is C14H10FN3O2. The second-order valence-electron chi connectivity index (χ2n) is 4.32. The second kappa shape index (κ2) is 4.73. The molecule has 1 N–H and O–H groups in total. The van der Waals surface area contributed by atoms with Crippen LogP contribution in [-0.4, -0.2) is 25.7 Å². The summed E-state index contributed by atoms with van der Waals surface area (Å²) in [6, 6.07) is 10.8. The van der Waals surface area contributed by atoms with Crippen LogP contribution in [0.5, 0.6) is 0 Å². The van der Waals surface area contributed by atoms with Gasteiger partial charge < -0.3 is 5.11 Å². The molecule has 0 amide bonds. The van der Waals surface area contributed by atoms with Gasteiger partial charge in [0.1, 0.15) is 5.82 Å². The van der Waals surface area contributed by atoms with Crippen molar-refractivity contribution in [2.24, 2.45) is 0 Å². The molecule has 0 spiro atoms. The predicted octanol–water partition coefficient (Wildman–Crippen LogP) is 2.16. The van der Waals surface area contributed by atoms with E-state index in [1.807, 2.05) is 0 Å². The summed E-state index contributed by atoms with van der Waals surface area (Å²) in [5.74, 6) is -0.871. The van der Waals surface area contributed by atoms with Crippen LogP contribution < -0.4 is 0 Å². The lowest BCUT2D eigenvalue weighted by Gasteiger charge is -1.97. The summed E-state index contributed by atoms with van der Waals surface area (Å²) in [5.41, 5.74) is 1.39. The van der Waals surface area contributed by atoms with Gasteiger partial charge in [-0.05, 0) is 29.8 Å². The van der Waals surface area contributed by atoms with Crippen molar-refractivity contribution in [3.8, 4) is 0 Å². The van der Waals surface area contributed by atoms with E-state index in [0.717, 1.165) is 5.56 Å². The molecule has 0 radical (unpaired) electrons. The van der Waals surface area contributed by atoms with Gasteiger partial charge in [-0.1, -0.05) is 18.2 Å². The summed E-state index contributed by atoms with van der Waals surface area (Å²) in [7, 11) is 0. The monoisotopic (exact) mass is 271 g/mol. The average molecular weight is 271 g/mol. The summed E-state index contributed by atoms with van der Waals surface area (Å²) < 4.78 is 14.1. The van der Waals surface area contributed by atoms with Crippen molar-refractivity contribution in [1.82, 2.24) is 14.6 Å². The first-order valence-corrected chi connectivity index (χ1v) is 5.96. The predicted molar refractivity (Wildman–Crippen MR) is 69.2 cm³/mol. The van der Waals surface area contributed by atoms with Crippen LogP contribution in [0.2, 0.25) is 0 Å². The number of carboxylic acids is 1. The summed E-state index contributed by atoms with van der Waals surface area (Å²) in [6.07, 6.45) is 0.418. The highest BCUT2D eigenvalue weighted by Gasteiger charge is 2.12. The molecule has 5 nitrogen and oxygen atoms in total. The van der Waals surface area contributed by atoms with Crippen molar-refractivity contribution >= 4 is 11.6 Å². The van der Waals surface area contributed by atoms with Gasteiger partial charge in [-0.3, -0.25) is 0 Å². The van der Waals surface area contributed by atoms with Gasteiger partial charge in [0.25, 0.3) is 0 Å². The molecule has 0 aliphatic carbocycles. The van der Waals surface area contributed by atoms with Gasteiger partial charge in [0.05, 0.1) is 0 Å². The quantitative estimate of drug-likeness (QED) is 0.792. The van der Waals surface area contributed by atoms with Crippen LogP contribution in [0, 0.1) is 5.82 Å². The number of carbonyl (C=O) groups is 1. The highest BCUT2D eigenvalue weighted by molar-refractivity contribution is 5.86. The van der Waals surface area contributed by atoms with Crippen molar-refractivity contribution in [2.75, 3.05) is 0 Å². The average Bonchev–Trinajstić information content (AvgIpc) is 2.83. The van der Waals surface area contributed by atoms with Gasteiger partial charge in [-0.15, -0.1) is 0 Å². The molecule has 3 rings (SSSR count). The minimum Gasteiger partial charge on any atom is -0.477 e. The lowest BCUT2D eigenvalue weighted by Crippen LogP contribution is -2.05. The van der Waals surface area contributed by atoms with Crippen LogP contribution in [0.25, 0.3) is 5.65 Å². The van der Waals surface area contributed by atoms with Crippen molar-refractivity contribution < 1.29 is 14.3 Å². The first-order chi connectivity index (χ1) is 9.63. The fourth-order valence-electron chi connectivity index (χ4n) is 1.97. The maximum atomic E-state index is 12.8. The Hall–Kier alpha value is -2.76. The molecule has 100 valence electrons. The van der Waals surface area contributed by atoms with Crippen LogP contribution in [0.1, 0.15) is 21.9 Å². The summed E-state index contributed by atoms with van der Waals surface area (Å²) in [4.78, 5) is 15.4. The Morgan fingerprint density at radius 3 is 2.65 bits per heavy atom. The zero-order valence-electron chi connectivity index (χ0n) is 10.3. The zero-order chi connectivity index (χ0) is 14.1. The lowest BCUT2D eigenvalue weighted by molar-refractivity contribution is 0.0687. The third-order valence-corrected chi connectivity index (χ3v) is 2.90. The molecule has 1 aromatic carbocycles. The Morgan fingerprint density at radius 1 is 1.20 bits per heavy atom. The van der Waals surface area contributed by atoms with Crippen LogP contribution in [0.15, 0.2) is 42.5 Å². The molecular weight excluding hydrogens is 261 g/mol.